The number of aryl methyl sites for hydroxylation is 1. The van der Waals surface area contributed by atoms with Gasteiger partial charge in [0.05, 0.1) is 19.4 Å². The normalized spacial score (nSPS) is 10.0. The van der Waals surface area contributed by atoms with Crippen LogP contribution in [0.3, 0.4) is 0 Å². The molecule has 0 fully saturated rings. The van der Waals surface area contributed by atoms with Crippen LogP contribution in [0, 0.1) is 0 Å². The topological polar surface area (TPSA) is 110 Å². The van der Waals surface area contributed by atoms with E-state index in [1.54, 1.807) is 12.1 Å². The predicted octanol–water partition coefficient (Wildman–Crippen LogP) is 1.07. The number of ether oxygens (including phenoxy) is 1. The Bertz CT molecular complexity index is 743. The van der Waals surface area contributed by atoms with E-state index in [0.29, 0.717) is 18.8 Å². The highest BCUT2D eigenvalue weighted by molar-refractivity contribution is 6.35. The van der Waals surface area contributed by atoms with E-state index in [4.69, 9.17) is 9.15 Å². The number of para-hydroxylation sites is 1. The molecule has 0 radical (unpaired) electrons. The Morgan fingerprint density at radius 3 is 2.58 bits per heavy atom. The highest BCUT2D eigenvalue weighted by atomic mass is 16.5. The van der Waals surface area contributed by atoms with E-state index in [1.165, 1.54) is 6.26 Å². The van der Waals surface area contributed by atoms with Crippen molar-refractivity contribution in [2.75, 3.05) is 6.61 Å². The first-order valence-corrected chi connectivity index (χ1v) is 8.20. The van der Waals surface area contributed by atoms with Crippen molar-refractivity contribution >= 4 is 17.7 Å². The number of benzene rings is 1. The molecule has 0 saturated carbocycles. The SMILES string of the molecule is CCOc1ccccc1CCC(=O)NNC(=O)C(=O)NCc1ccco1. The third kappa shape index (κ3) is 5.97. The summed E-state index contributed by atoms with van der Waals surface area (Å²) in [5.74, 6) is -1.00. The molecule has 26 heavy (non-hydrogen) atoms. The summed E-state index contributed by atoms with van der Waals surface area (Å²) in [6.45, 7) is 2.50. The Hall–Kier alpha value is -3.29. The Balaban J connectivity index is 1.71. The number of hydrogen-bond donors (Lipinski definition) is 3. The third-order valence-corrected chi connectivity index (χ3v) is 3.42. The number of amides is 3. The Kier molecular flexibility index (Phi) is 7.23. The maximum atomic E-state index is 11.8. The van der Waals surface area contributed by atoms with Crippen molar-refractivity contribution < 1.29 is 23.5 Å². The Morgan fingerprint density at radius 2 is 1.85 bits per heavy atom. The zero-order valence-corrected chi connectivity index (χ0v) is 14.4. The van der Waals surface area contributed by atoms with Gasteiger partial charge in [-0.05, 0) is 37.1 Å². The predicted molar refractivity (Wildman–Crippen MR) is 92.8 cm³/mol. The van der Waals surface area contributed by atoms with Gasteiger partial charge < -0.3 is 14.5 Å². The summed E-state index contributed by atoms with van der Waals surface area (Å²) in [6, 6.07) is 10.8. The largest absolute Gasteiger partial charge is 0.494 e. The lowest BCUT2D eigenvalue weighted by Crippen LogP contribution is -2.48. The van der Waals surface area contributed by atoms with E-state index in [-0.39, 0.29) is 13.0 Å². The van der Waals surface area contributed by atoms with Crippen LogP contribution in [0.4, 0.5) is 0 Å². The molecule has 0 aliphatic rings. The number of carbonyl (C=O) groups is 3. The van der Waals surface area contributed by atoms with E-state index < -0.39 is 17.7 Å². The molecular weight excluding hydrogens is 338 g/mol. The average Bonchev–Trinajstić information content (AvgIpc) is 3.17. The molecule has 8 heteroatoms. The lowest BCUT2D eigenvalue weighted by atomic mass is 10.1. The molecule has 0 unspecified atom stereocenters. The van der Waals surface area contributed by atoms with Gasteiger partial charge in [-0.25, -0.2) is 0 Å². The molecule has 1 aromatic carbocycles. The number of furan rings is 1. The molecular formula is C18H21N3O5. The van der Waals surface area contributed by atoms with Gasteiger partial charge in [0.15, 0.2) is 0 Å². The summed E-state index contributed by atoms with van der Waals surface area (Å²) in [7, 11) is 0. The lowest BCUT2D eigenvalue weighted by Gasteiger charge is -2.10. The van der Waals surface area contributed by atoms with Crippen molar-refractivity contribution in [1.29, 1.82) is 0 Å². The Labute approximate surface area is 150 Å². The molecule has 0 saturated heterocycles. The minimum absolute atomic E-state index is 0.0847. The molecule has 138 valence electrons. The lowest BCUT2D eigenvalue weighted by molar-refractivity contribution is -0.141. The van der Waals surface area contributed by atoms with Gasteiger partial charge in [0.2, 0.25) is 5.91 Å². The van der Waals surface area contributed by atoms with E-state index >= 15 is 0 Å². The van der Waals surface area contributed by atoms with Crippen molar-refractivity contribution in [2.24, 2.45) is 0 Å². The first kappa shape index (κ1) is 19.0. The van der Waals surface area contributed by atoms with Gasteiger partial charge in [0.25, 0.3) is 0 Å². The number of rotatable bonds is 7. The third-order valence-electron chi connectivity index (χ3n) is 3.42. The van der Waals surface area contributed by atoms with Crippen molar-refractivity contribution in [3.8, 4) is 5.75 Å². The summed E-state index contributed by atoms with van der Waals surface area (Å²) in [5, 5.41) is 2.38. The van der Waals surface area contributed by atoms with Gasteiger partial charge in [0, 0.05) is 6.42 Å². The molecule has 2 rings (SSSR count). The van der Waals surface area contributed by atoms with Crippen LogP contribution in [-0.4, -0.2) is 24.3 Å². The quantitative estimate of drug-likeness (QED) is 0.506. The maximum absolute atomic E-state index is 11.8. The van der Waals surface area contributed by atoms with Crippen molar-refractivity contribution in [3.63, 3.8) is 0 Å². The van der Waals surface area contributed by atoms with E-state index in [9.17, 15) is 14.4 Å². The maximum Gasteiger partial charge on any atom is 0.327 e. The summed E-state index contributed by atoms with van der Waals surface area (Å²) in [5.41, 5.74) is 5.19. The molecule has 0 atom stereocenters. The molecule has 0 bridgehead atoms. The summed E-state index contributed by atoms with van der Waals surface area (Å²) in [6.07, 6.45) is 2.05. The monoisotopic (exact) mass is 359 g/mol. The molecule has 1 heterocycles. The van der Waals surface area contributed by atoms with Gasteiger partial charge in [-0.15, -0.1) is 0 Å². The fourth-order valence-electron chi connectivity index (χ4n) is 2.16. The molecule has 0 aliphatic carbocycles. The average molecular weight is 359 g/mol. The van der Waals surface area contributed by atoms with Crippen LogP contribution >= 0.6 is 0 Å². The first-order valence-electron chi connectivity index (χ1n) is 8.20. The first-order chi connectivity index (χ1) is 12.6. The number of carbonyl (C=O) groups excluding carboxylic acids is 3. The molecule has 1 aromatic heterocycles. The smallest absolute Gasteiger partial charge is 0.327 e. The van der Waals surface area contributed by atoms with Crippen LogP contribution in [0.15, 0.2) is 47.1 Å². The zero-order chi connectivity index (χ0) is 18.8. The van der Waals surface area contributed by atoms with Gasteiger partial charge in [-0.1, -0.05) is 18.2 Å². The molecule has 2 aromatic rings. The fraction of sp³-hybridized carbons (Fsp3) is 0.278. The number of hydrogen-bond acceptors (Lipinski definition) is 5. The van der Waals surface area contributed by atoms with Crippen molar-refractivity contribution in [2.45, 2.75) is 26.3 Å². The summed E-state index contributed by atoms with van der Waals surface area (Å²) >= 11 is 0. The molecule has 3 N–H and O–H groups in total. The van der Waals surface area contributed by atoms with Gasteiger partial charge in [-0.3, -0.25) is 25.2 Å². The summed E-state index contributed by atoms with van der Waals surface area (Å²) in [4.78, 5) is 35.1. The summed E-state index contributed by atoms with van der Waals surface area (Å²) < 4.78 is 10.5. The molecule has 0 spiro atoms. The second-order valence-electron chi connectivity index (χ2n) is 5.31. The number of nitrogens with one attached hydrogen (secondary N) is 3. The molecule has 8 nitrogen and oxygen atoms in total. The fourth-order valence-corrected chi connectivity index (χ4v) is 2.16. The standard InChI is InChI=1S/C18H21N3O5/c1-2-25-15-8-4-3-6-13(15)9-10-16(22)20-21-18(24)17(23)19-12-14-7-5-11-26-14/h3-8,11H,2,9-10,12H2,1H3,(H,19,23)(H,20,22)(H,21,24). The minimum Gasteiger partial charge on any atom is -0.494 e. The van der Waals surface area contributed by atoms with Crippen molar-refractivity contribution in [1.82, 2.24) is 16.2 Å². The van der Waals surface area contributed by atoms with Crippen LogP contribution < -0.4 is 20.9 Å². The van der Waals surface area contributed by atoms with Gasteiger partial charge in [0.1, 0.15) is 11.5 Å². The van der Waals surface area contributed by atoms with E-state index in [0.717, 1.165) is 11.3 Å². The van der Waals surface area contributed by atoms with Crippen molar-refractivity contribution in [3.05, 3.63) is 54.0 Å². The van der Waals surface area contributed by atoms with Gasteiger partial charge in [-0.2, -0.15) is 0 Å². The van der Waals surface area contributed by atoms with E-state index in [2.05, 4.69) is 16.2 Å². The number of hydrazine groups is 1. The highest BCUT2D eigenvalue weighted by Gasteiger charge is 2.14. The van der Waals surface area contributed by atoms with Crippen LogP contribution in [0.2, 0.25) is 0 Å². The second kappa shape index (κ2) is 9.87. The minimum atomic E-state index is -0.959. The van der Waals surface area contributed by atoms with Crippen LogP contribution in [0.1, 0.15) is 24.7 Å². The Morgan fingerprint density at radius 1 is 1.04 bits per heavy atom. The van der Waals surface area contributed by atoms with Gasteiger partial charge >= 0.3 is 11.8 Å². The van der Waals surface area contributed by atoms with Crippen LogP contribution in [0.5, 0.6) is 5.75 Å². The molecule has 0 aliphatic heterocycles. The highest BCUT2D eigenvalue weighted by Crippen LogP contribution is 2.19. The zero-order valence-electron chi connectivity index (χ0n) is 14.4. The molecule has 3 amide bonds. The van der Waals surface area contributed by atoms with Crippen LogP contribution in [0.25, 0.3) is 0 Å². The van der Waals surface area contributed by atoms with Crippen LogP contribution in [-0.2, 0) is 27.3 Å². The van der Waals surface area contributed by atoms with E-state index in [1.807, 2.05) is 31.2 Å². The second-order valence-corrected chi connectivity index (χ2v) is 5.31.